The van der Waals surface area contributed by atoms with Gasteiger partial charge in [0.2, 0.25) is 6.41 Å². The summed E-state index contributed by atoms with van der Waals surface area (Å²) in [6, 6.07) is 4.11. The quantitative estimate of drug-likeness (QED) is 0.340. The van der Waals surface area contributed by atoms with Crippen LogP contribution in [0.3, 0.4) is 0 Å². The van der Waals surface area contributed by atoms with Crippen molar-refractivity contribution in [1.82, 2.24) is 0 Å². The third-order valence-corrected chi connectivity index (χ3v) is 1.62. The van der Waals surface area contributed by atoms with Crippen molar-refractivity contribution in [3.05, 3.63) is 24.0 Å². The minimum Gasteiger partial charge on any atom is -0.494 e. The fourth-order valence-corrected chi connectivity index (χ4v) is 1.01. The van der Waals surface area contributed by atoms with Crippen molar-refractivity contribution < 1.29 is 13.9 Å². The lowest BCUT2D eigenvalue weighted by Gasteiger charge is -2.12. The first-order chi connectivity index (χ1) is 6.69. The minimum atomic E-state index is -0.592. The number of ether oxygens (including phenoxy) is 1. The molecule has 0 atom stereocenters. The average Bonchev–Trinajstić information content (AvgIpc) is 2.17. The Kier molecular flexibility index (Phi) is 3.41. The lowest BCUT2D eigenvalue weighted by Crippen LogP contribution is -2.29. The number of hydrazine groups is 1. The Balaban J connectivity index is 2.94. The van der Waals surface area contributed by atoms with Crippen molar-refractivity contribution in [2.75, 3.05) is 11.6 Å². The molecular weight excluding hydrogens is 187 g/mol. The molecule has 1 aromatic carbocycles. The van der Waals surface area contributed by atoms with E-state index in [0.717, 1.165) is 0 Å². The molecule has 14 heavy (non-hydrogen) atoms. The van der Waals surface area contributed by atoms with E-state index in [1.807, 2.05) is 0 Å². The zero-order valence-electron chi connectivity index (χ0n) is 7.74. The molecule has 0 unspecified atom stereocenters. The van der Waals surface area contributed by atoms with Crippen LogP contribution >= 0.6 is 0 Å². The van der Waals surface area contributed by atoms with Crippen molar-refractivity contribution in [1.29, 1.82) is 0 Å². The fraction of sp³-hybridized carbons (Fsp3) is 0.222. The molecule has 4 nitrogen and oxygen atoms in total. The first kappa shape index (κ1) is 10.5. The van der Waals surface area contributed by atoms with Gasteiger partial charge in [-0.3, -0.25) is 4.79 Å². The van der Waals surface area contributed by atoms with Crippen molar-refractivity contribution in [3.8, 4) is 5.75 Å². The number of hydrogen-bond donors (Lipinski definition) is 1. The largest absolute Gasteiger partial charge is 0.494 e. The van der Waals surface area contributed by atoms with E-state index in [9.17, 15) is 9.18 Å². The van der Waals surface area contributed by atoms with Crippen LogP contribution in [0.15, 0.2) is 18.2 Å². The van der Waals surface area contributed by atoms with Crippen LogP contribution in [-0.2, 0) is 4.79 Å². The molecule has 1 rings (SSSR count). The Labute approximate surface area is 81.0 Å². The molecule has 0 fully saturated rings. The highest BCUT2D eigenvalue weighted by Crippen LogP contribution is 2.21. The molecule has 1 amide bonds. The second-order valence-electron chi connectivity index (χ2n) is 2.56. The van der Waals surface area contributed by atoms with Crippen LogP contribution in [-0.4, -0.2) is 13.0 Å². The highest BCUT2D eigenvalue weighted by atomic mass is 19.1. The number of rotatable bonds is 4. The molecule has 0 bridgehead atoms. The second-order valence-corrected chi connectivity index (χ2v) is 2.56. The molecule has 0 radical (unpaired) electrons. The van der Waals surface area contributed by atoms with Crippen molar-refractivity contribution >= 4 is 12.1 Å². The monoisotopic (exact) mass is 198 g/mol. The topological polar surface area (TPSA) is 55.6 Å². The number of hydrogen-bond acceptors (Lipinski definition) is 3. The van der Waals surface area contributed by atoms with E-state index in [-0.39, 0.29) is 5.69 Å². The summed E-state index contributed by atoms with van der Waals surface area (Å²) in [6.45, 7) is 2.26. The number of amides is 1. The zero-order valence-corrected chi connectivity index (χ0v) is 7.74. The molecule has 2 N–H and O–H groups in total. The summed E-state index contributed by atoms with van der Waals surface area (Å²) in [4.78, 5) is 10.3. The molecule has 0 aromatic heterocycles. The summed E-state index contributed by atoms with van der Waals surface area (Å²) in [6.07, 6.45) is 0.332. The number of carbonyl (C=O) groups is 1. The first-order valence-electron chi connectivity index (χ1n) is 4.10. The van der Waals surface area contributed by atoms with Crippen molar-refractivity contribution in [3.63, 3.8) is 0 Å². The van der Waals surface area contributed by atoms with E-state index < -0.39 is 5.82 Å². The van der Waals surface area contributed by atoms with Gasteiger partial charge in [0, 0.05) is 6.07 Å². The number of halogens is 1. The van der Waals surface area contributed by atoms with E-state index >= 15 is 0 Å². The number of benzene rings is 1. The van der Waals surface area contributed by atoms with Crippen LogP contribution in [0.25, 0.3) is 0 Å². The predicted octanol–water partition coefficient (Wildman–Crippen LogP) is 1.06. The van der Waals surface area contributed by atoms with E-state index in [1.165, 1.54) is 12.1 Å². The van der Waals surface area contributed by atoms with Crippen LogP contribution < -0.4 is 15.6 Å². The summed E-state index contributed by atoms with van der Waals surface area (Å²) in [5, 5.41) is 0.672. The molecule has 0 aliphatic heterocycles. The van der Waals surface area contributed by atoms with Crippen LogP contribution in [0.4, 0.5) is 10.1 Å². The van der Waals surface area contributed by atoms with Gasteiger partial charge in [-0.25, -0.2) is 15.2 Å². The highest BCUT2D eigenvalue weighted by molar-refractivity contribution is 5.73. The summed E-state index contributed by atoms with van der Waals surface area (Å²) < 4.78 is 18.3. The van der Waals surface area contributed by atoms with Crippen LogP contribution in [0.1, 0.15) is 6.92 Å². The lowest BCUT2D eigenvalue weighted by atomic mass is 10.3. The van der Waals surface area contributed by atoms with Gasteiger partial charge in [-0.15, -0.1) is 0 Å². The third-order valence-electron chi connectivity index (χ3n) is 1.62. The van der Waals surface area contributed by atoms with Gasteiger partial charge in [0.05, 0.1) is 12.3 Å². The van der Waals surface area contributed by atoms with Crippen LogP contribution in [0.2, 0.25) is 0 Å². The standard InChI is InChI=1S/C9H11FN2O2/c1-2-14-7-3-4-9(8(10)5-7)12(11)6-13/h3-6H,2,11H2,1H3. The van der Waals surface area contributed by atoms with Gasteiger partial charge in [0.1, 0.15) is 5.75 Å². The lowest BCUT2D eigenvalue weighted by molar-refractivity contribution is -0.107. The predicted molar refractivity (Wildman–Crippen MR) is 50.3 cm³/mol. The normalized spacial score (nSPS) is 9.64. The Bertz CT molecular complexity index is 331. The Morgan fingerprint density at radius 2 is 2.36 bits per heavy atom. The maximum atomic E-state index is 13.3. The van der Waals surface area contributed by atoms with Gasteiger partial charge in [-0.2, -0.15) is 0 Å². The smallest absolute Gasteiger partial charge is 0.228 e. The molecular formula is C9H11FN2O2. The van der Waals surface area contributed by atoms with E-state index in [2.05, 4.69) is 0 Å². The second kappa shape index (κ2) is 4.57. The fourth-order valence-electron chi connectivity index (χ4n) is 1.01. The summed E-state index contributed by atoms with van der Waals surface area (Å²) in [7, 11) is 0. The SMILES string of the molecule is CCOc1ccc(N(N)C=O)c(F)c1. The molecule has 1 aromatic rings. The maximum Gasteiger partial charge on any atom is 0.228 e. The number of nitrogens with zero attached hydrogens (tertiary/aromatic N) is 1. The van der Waals surface area contributed by atoms with Crippen LogP contribution in [0, 0.1) is 5.82 Å². The first-order valence-corrected chi connectivity index (χ1v) is 4.10. The Hall–Kier alpha value is -1.62. The summed E-state index contributed by atoms with van der Waals surface area (Å²) >= 11 is 0. The Morgan fingerprint density at radius 1 is 1.64 bits per heavy atom. The number of carbonyl (C=O) groups excluding carboxylic acids is 1. The molecule has 0 heterocycles. The molecule has 5 heteroatoms. The Morgan fingerprint density at radius 3 is 2.86 bits per heavy atom. The molecule has 0 saturated heterocycles. The zero-order chi connectivity index (χ0) is 10.6. The van der Waals surface area contributed by atoms with Crippen molar-refractivity contribution in [2.45, 2.75) is 6.92 Å². The molecule has 0 aliphatic rings. The minimum absolute atomic E-state index is 0.0171. The van der Waals surface area contributed by atoms with Gasteiger partial charge in [0.15, 0.2) is 5.82 Å². The number of nitrogens with two attached hydrogens (primary N) is 1. The van der Waals surface area contributed by atoms with E-state index in [0.29, 0.717) is 23.8 Å². The molecule has 0 aliphatic carbocycles. The number of anilines is 1. The van der Waals surface area contributed by atoms with E-state index in [4.69, 9.17) is 10.6 Å². The van der Waals surface area contributed by atoms with Gasteiger partial charge < -0.3 is 4.74 Å². The van der Waals surface area contributed by atoms with Gasteiger partial charge >= 0.3 is 0 Å². The molecule has 0 saturated carbocycles. The molecule has 0 spiro atoms. The third kappa shape index (κ3) is 2.20. The highest BCUT2D eigenvalue weighted by Gasteiger charge is 2.08. The van der Waals surface area contributed by atoms with Gasteiger partial charge in [-0.1, -0.05) is 0 Å². The summed E-state index contributed by atoms with van der Waals surface area (Å²) in [5.41, 5.74) is 0.0171. The van der Waals surface area contributed by atoms with Gasteiger partial charge in [-0.05, 0) is 19.1 Å². The molecule has 76 valence electrons. The summed E-state index contributed by atoms with van der Waals surface area (Å²) in [5.74, 6) is 5.02. The van der Waals surface area contributed by atoms with Crippen molar-refractivity contribution in [2.24, 2.45) is 5.84 Å². The van der Waals surface area contributed by atoms with Gasteiger partial charge in [0.25, 0.3) is 0 Å². The average molecular weight is 198 g/mol. The maximum absolute atomic E-state index is 13.3. The van der Waals surface area contributed by atoms with E-state index in [1.54, 1.807) is 13.0 Å². The van der Waals surface area contributed by atoms with Crippen LogP contribution in [0.5, 0.6) is 5.75 Å².